The summed E-state index contributed by atoms with van der Waals surface area (Å²) in [4.78, 5) is 0. The van der Waals surface area contributed by atoms with Crippen LogP contribution in [0.25, 0.3) is 3.58 Å². The summed E-state index contributed by atoms with van der Waals surface area (Å²) in [5, 5.41) is 0. The molecule has 0 aliphatic heterocycles. The molecule has 0 bridgehead atoms. The molecule has 0 nitrogen and oxygen atoms in total. The second-order valence-corrected chi connectivity index (χ2v) is 10.4. The lowest BCUT2D eigenvalue weighted by Crippen LogP contribution is -2.15. The van der Waals surface area contributed by atoms with Crippen molar-refractivity contribution in [3.05, 3.63) is 41.6 Å². The van der Waals surface area contributed by atoms with E-state index in [0.717, 1.165) is 0 Å². The quantitative estimate of drug-likeness (QED) is 0.563. The average molecular weight is 302 g/mol. The van der Waals surface area contributed by atoms with Crippen molar-refractivity contribution >= 4 is 34.2 Å². The molecule has 0 atom stereocenters. The molecule has 0 N–H and O–H groups in total. The minimum absolute atomic E-state index is 1.07. The van der Waals surface area contributed by atoms with Crippen molar-refractivity contribution in [1.82, 2.24) is 0 Å². The maximum absolute atomic E-state index is 2.43. The van der Waals surface area contributed by atoms with Crippen molar-refractivity contribution in [2.24, 2.45) is 0 Å². The second kappa shape index (κ2) is 4.42. The monoisotopic (exact) mass is 302 g/mol. The number of hydrogen-bond acceptors (Lipinski definition) is 0. The summed E-state index contributed by atoms with van der Waals surface area (Å²) in [6.45, 7) is 7.07. The lowest BCUT2D eigenvalue weighted by Gasteiger charge is -2.10. The van der Waals surface area contributed by atoms with E-state index in [4.69, 9.17) is 0 Å². The van der Waals surface area contributed by atoms with Crippen LogP contribution in [0.1, 0.15) is 5.56 Å². The van der Waals surface area contributed by atoms with E-state index in [1.54, 1.807) is 0 Å². The van der Waals surface area contributed by atoms with Crippen molar-refractivity contribution < 1.29 is 0 Å². The Bertz CT molecular complexity index is 296. The lowest BCUT2D eigenvalue weighted by molar-refractivity contribution is 1.65. The molecule has 1 aromatic carbocycles. The average Bonchev–Trinajstić information content (AvgIpc) is 2.03. The van der Waals surface area contributed by atoms with Gasteiger partial charge >= 0.3 is 0 Å². The summed E-state index contributed by atoms with van der Waals surface area (Å²) < 4.78 is 1.39. The molecule has 0 aliphatic rings. The van der Waals surface area contributed by atoms with E-state index in [1.165, 1.54) is 9.14 Å². The first-order valence-corrected chi connectivity index (χ1v) is 9.08. The molecule has 0 amide bonds. The molecule has 0 fully saturated rings. The Hall–Kier alpha value is -0.0931. The van der Waals surface area contributed by atoms with Gasteiger partial charge in [-0.25, -0.2) is 0 Å². The van der Waals surface area contributed by atoms with Gasteiger partial charge in [-0.1, -0.05) is 55.7 Å². The molecular formula is C11H15ISi. The molecule has 1 aromatic rings. The van der Waals surface area contributed by atoms with Crippen LogP contribution in [0.3, 0.4) is 0 Å². The molecule has 0 aromatic heterocycles. The highest BCUT2D eigenvalue weighted by Crippen LogP contribution is 2.23. The molecule has 0 spiro atoms. The Morgan fingerprint density at radius 2 is 1.69 bits per heavy atom. The van der Waals surface area contributed by atoms with Gasteiger partial charge in [0.1, 0.15) is 0 Å². The lowest BCUT2D eigenvalue weighted by atomic mass is 10.2. The zero-order valence-electron chi connectivity index (χ0n) is 8.34. The molecule has 0 heterocycles. The molecule has 13 heavy (non-hydrogen) atoms. The third kappa shape index (κ3) is 4.09. The van der Waals surface area contributed by atoms with Gasteiger partial charge in [0, 0.05) is 3.58 Å². The van der Waals surface area contributed by atoms with Gasteiger partial charge in [-0.15, -0.1) is 0 Å². The normalized spacial score (nSPS) is 13.1. The molecule has 0 saturated heterocycles. The van der Waals surface area contributed by atoms with Crippen molar-refractivity contribution in [2.75, 3.05) is 0 Å². The van der Waals surface area contributed by atoms with Crippen LogP contribution in [0.2, 0.25) is 19.6 Å². The van der Waals surface area contributed by atoms with E-state index in [2.05, 4.69) is 78.3 Å². The van der Waals surface area contributed by atoms with Gasteiger partial charge < -0.3 is 0 Å². The Kier molecular flexibility index (Phi) is 3.73. The van der Waals surface area contributed by atoms with Gasteiger partial charge in [0.25, 0.3) is 0 Å². The maximum Gasteiger partial charge on any atom is 0.0701 e. The molecule has 1 rings (SSSR count). The molecule has 0 unspecified atom stereocenters. The van der Waals surface area contributed by atoms with Crippen molar-refractivity contribution in [3.63, 3.8) is 0 Å². The number of benzene rings is 1. The van der Waals surface area contributed by atoms with Gasteiger partial charge in [0.05, 0.1) is 8.07 Å². The van der Waals surface area contributed by atoms with Crippen LogP contribution < -0.4 is 0 Å². The summed E-state index contributed by atoms with van der Waals surface area (Å²) in [5.41, 5.74) is 3.77. The van der Waals surface area contributed by atoms with Crippen LogP contribution in [0, 0.1) is 0 Å². The van der Waals surface area contributed by atoms with E-state index >= 15 is 0 Å². The van der Waals surface area contributed by atoms with Crippen molar-refractivity contribution in [1.29, 1.82) is 0 Å². The molecule has 70 valence electrons. The van der Waals surface area contributed by atoms with E-state index in [9.17, 15) is 0 Å². The molecule has 0 aliphatic carbocycles. The van der Waals surface area contributed by atoms with Crippen LogP contribution in [0.15, 0.2) is 36.0 Å². The minimum atomic E-state index is -1.07. The van der Waals surface area contributed by atoms with Crippen LogP contribution in [0.4, 0.5) is 0 Å². The van der Waals surface area contributed by atoms with Crippen LogP contribution in [-0.4, -0.2) is 8.07 Å². The van der Waals surface area contributed by atoms with Crippen LogP contribution in [-0.2, 0) is 0 Å². The maximum atomic E-state index is 2.43. The zero-order chi connectivity index (χ0) is 9.90. The second-order valence-electron chi connectivity index (χ2n) is 4.22. The fraction of sp³-hybridized carbons (Fsp3) is 0.273. The Balaban J connectivity index is 2.92. The first-order valence-electron chi connectivity index (χ1n) is 4.43. The third-order valence-corrected chi connectivity index (χ3v) is 4.29. The topological polar surface area (TPSA) is 0 Å². The number of halogens is 1. The summed E-state index contributed by atoms with van der Waals surface area (Å²) >= 11 is 2.43. The Morgan fingerprint density at radius 1 is 1.15 bits per heavy atom. The molecule has 2 heteroatoms. The first kappa shape index (κ1) is 11.0. The third-order valence-electron chi connectivity index (χ3n) is 1.61. The van der Waals surface area contributed by atoms with Gasteiger partial charge in [-0.3, -0.25) is 0 Å². The molecular weight excluding hydrogens is 287 g/mol. The van der Waals surface area contributed by atoms with Gasteiger partial charge in [-0.2, -0.15) is 0 Å². The van der Waals surface area contributed by atoms with E-state index in [-0.39, 0.29) is 0 Å². The Labute approximate surface area is 95.2 Å². The standard InChI is InChI=1S/C11H15ISi/c1-13(2,3)9-11(12)10-7-5-4-6-8-10/h4-9H,1-3H3/b11-9+. The fourth-order valence-corrected chi connectivity index (χ4v) is 5.15. The van der Waals surface area contributed by atoms with E-state index in [1.807, 2.05) is 0 Å². The highest BCUT2D eigenvalue weighted by atomic mass is 127. The van der Waals surface area contributed by atoms with Gasteiger partial charge in [-0.05, 0) is 28.2 Å². The molecule has 0 saturated carbocycles. The van der Waals surface area contributed by atoms with Crippen molar-refractivity contribution in [2.45, 2.75) is 19.6 Å². The van der Waals surface area contributed by atoms with Gasteiger partial charge in [0.15, 0.2) is 0 Å². The van der Waals surface area contributed by atoms with Crippen molar-refractivity contribution in [3.8, 4) is 0 Å². The summed E-state index contributed by atoms with van der Waals surface area (Å²) in [6.07, 6.45) is 0. The molecule has 0 radical (unpaired) electrons. The summed E-state index contributed by atoms with van der Waals surface area (Å²) in [7, 11) is -1.07. The van der Waals surface area contributed by atoms with Crippen LogP contribution >= 0.6 is 22.6 Å². The largest absolute Gasteiger partial charge is 0.0813 e. The van der Waals surface area contributed by atoms with Crippen LogP contribution in [0.5, 0.6) is 0 Å². The number of rotatable bonds is 2. The minimum Gasteiger partial charge on any atom is -0.0813 e. The highest BCUT2D eigenvalue weighted by Gasteiger charge is 2.10. The zero-order valence-corrected chi connectivity index (χ0v) is 11.5. The Morgan fingerprint density at radius 3 is 2.15 bits per heavy atom. The number of hydrogen-bond donors (Lipinski definition) is 0. The summed E-state index contributed by atoms with van der Waals surface area (Å²) in [5.74, 6) is 0. The summed E-state index contributed by atoms with van der Waals surface area (Å²) in [6, 6.07) is 10.6. The predicted molar refractivity (Wildman–Crippen MR) is 71.8 cm³/mol. The first-order chi connectivity index (χ1) is 5.99. The van der Waals surface area contributed by atoms with E-state index in [0.29, 0.717) is 0 Å². The fourth-order valence-electron chi connectivity index (χ4n) is 1.06. The SMILES string of the molecule is C[Si](C)(C)/C=C(/I)c1ccccc1. The predicted octanol–water partition coefficient (Wildman–Crippen LogP) is 4.34. The van der Waals surface area contributed by atoms with E-state index < -0.39 is 8.07 Å². The van der Waals surface area contributed by atoms with Gasteiger partial charge in [0.2, 0.25) is 0 Å². The smallest absolute Gasteiger partial charge is 0.0701 e. The highest BCUT2D eigenvalue weighted by molar-refractivity contribution is 14.1.